The Hall–Kier alpha value is -4.58. The van der Waals surface area contributed by atoms with Crippen LogP contribution in [0.15, 0.2) is 60.8 Å². The molecule has 0 saturated carbocycles. The number of methoxy groups -OCH3 is 1. The molecule has 0 spiro atoms. The maximum atomic E-state index is 13.6. The third-order valence-corrected chi connectivity index (χ3v) is 10.3. The van der Waals surface area contributed by atoms with Gasteiger partial charge >= 0.3 is 5.97 Å². The number of benzene rings is 2. The molecule has 11 nitrogen and oxygen atoms in total. The second-order valence-corrected chi connectivity index (χ2v) is 13.8. The molecule has 1 amide bonds. The number of aromatic nitrogens is 5. The smallest absolute Gasteiger partial charge is 0.308 e. The van der Waals surface area contributed by atoms with Crippen LogP contribution >= 0.6 is 23.2 Å². The van der Waals surface area contributed by atoms with Crippen molar-refractivity contribution in [3.8, 4) is 11.1 Å². The molecule has 258 valence electrons. The Labute approximate surface area is 300 Å². The predicted molar refractivity (Wildman–Crippen MR) is 195 cm³/mol. The summed E-state index contributed by atoms with van der Waals surface area (Å²) in [7, 11) is 1.44. The van der Waals surface area contributed by atoms with Crippen LogP contribution in [0.4, 0.5) is 17.2 Å². The number of esters is 1. The summed E-state index contributed by atoms with van der Waals surface area (Å²) < 4.78 is 6.90. The van der Waals surface area contributed by atoms with Crippen LogP contribution in [0.2, 0.25) is 10.0 Å². The van der Waals surface area contributed by atoms with Crippen molar-refractivity contribution < 1.29 is 14.3 Å². The number of carbonyl (C=O) groups excluding carboxylic acids is 2. The number of fused-ring (bicyclic) bond motifs is 2. The molecule has 2 aliphatic rings. The number of ether oxygens (including phenoxy) is 1. The van der Waals surface area contributed by atoms with Gasteiger partial charge in [-0.3, -0.25) is 24.2 Å². The standard InChI is InChI=1S/C37H38Cl2N8O3/c1-21(2)34-42-27-12-6-16-40-33(27)35(44-34)41-25-10-4-8-23(31(25)38)24-9-5-11-26(32(24)39)43-36(48)28-20-30-29(13-7-17-47(30)45-28)46-18-14-22(15-19-46)37(49)50-3/h4-6,8-12,16,20-22,29H,7,13-15,17-19H2,1-3H3,(H,43,48)(H,41,42,44)/t29-/m0/s1. The lowest BCUT2D eigenvalue weighted by Gasteiger charge is -2.38. The number of hydrogen-bond acceptors (Lipinski definition) is 9. The molecule has 1 saturated heterocycles. The first-order chi connectivity index (χ1) is 24.2. The van der Waals surface area contributed by atoms with E-state index in [4.69, 9.17) is 32.9 Å². The summed E-state index contributed by atoms with van der Waals surface area (Å²) in [5.41, 5.74) is 5.13. The van der Waals surface area contributed by atoms with Gasteiger partial charge in [-0.25, -0.2) is 9.97 Å². The number of amides is 1. The Morgan fingerprint density at radius 3 is 2.36 bits per heavy atom. The van der Waals surface area contributed by atoms with Gasteiger partial charge < -0.3 is 15.4 Å². The van der Waals surface area contributed by atoms with Crippen LogP contribution in [0.25, 0.3) is 22.2 Å². The minimum atomic E-state index is -0.347. The number of carbonyl (C=O) groups is 2. The lowest BCUT2D eigenvalue weighted by atomic mass is 9.93. The fourth-order valence-corrected chi connectivity index (χ4v) is 7.42. The van der Waals surface area contributed by atoms with Crippen LogP contribution in [0.1, 0.15) is 73.5 Å². The molecule has 13 heteroatoms. The van der Waals surface area contributed by atoms with Crippen molar-refractivity contribution in [1.82, 2.24) is 29.6 Å². The van der Waals surface area contributed by atoms with Crippen molar-refractivity contribution in [1.29, 1.82) is 0 Å². The number of anilines is 3. The zero-order valence-corrected chi connectivity index (χ0v) is 29.6. The predicted octanol–water partition coefficient (Wildman–Crippen LogP) is 8.03. The van der Waals surface area contributed by atoms with E-state index in [0.717, 1.165) is 56.5 Å². The largest absolute Gasteiger partial charge is 0.469 e. The molecule has 0 radical (unpaired) electrons. The average molecular weight is 714 g/mol. The maximum absolute atomic E-state index is 13.6. The van der Waals surface area contributed by atoms with E-state index in [1.165, 1.54) is 7.11 Å². The number of hydrogen-bond donors (Lipinski definition) is 2. The third kappa shape index (κ3) is 6.65. The molecule has 50 heavy (non-hydrogen) atoms. The molecule has 1 atom stereocenters. The summed E-state index contributed by atoms with van der Waals surface area (Å²) in [6.07, 6.45) is 5.16. The van der Waals surface area contributed by atoms with E-state index in [1.807, 2.05) is 67.1 Å². The number of pyridine rings is 1. The molecule has 3 aromatic heterocycles. The Kier molecular flexibility index (Phi) is 9.72. The Balaban J connectivity index is 1.11. The summed E-state index contributed by atoms with van der Waals surface area (Å²) in [6, 6.07) is 16.9. The Morgan fingerprint density at radius 1 is 0.920 bits per heavy atom. The minimum absolute atomic E-state index is 0.0609. The molecule has 5 heterocycles. The van der Waals surface area contributed by atoms with E-state index in [9.17, 15) is 9.59 Å². The highest BCUT2D eigenvalue weighted by Crippen LogP contribution is 2.41. The third-order valence-electron chi connectivity index (χ3n) is 9.51. The number of rotatable bonds is 8. The van der Waals surface area contributed by atoms with Gasteiger partial charge in [0.2, 0.25) is 0 Å². The molecule has 0 aliphatic carbocycles. The molecule has 0 bridgehead atoms. The van der Waals surface area contributed by atoms with E-state index >= 15 is 0 Å². The summed E-state index contributed by atoms with van der Waals surface area (Å²) in [5.74, 6) is 0.821. The number of nitrogens with one attached hydrogen (secondary N) is 2. The van der Waals surface area contributed by atoms with Crippen LogP contribution in [0, 0.1) is 5.92 Å². The monoisotopic (exact) mass is 712 g/mol. The summed E-state index contributed by atoms with van der Waals surface area (Å²) in [5, 5.41) is 11.8. The molecule has 0 unspecified atom stereocenters. The van der Waals surface area contributed by atoms with Gasteiger partial charge in [-0.15, -0.1) is 0 Å². The first kappa shape index (κ1) is 33.9. The fourth-order valence-electron chi connectivity index (χ4n) is 6.87. The van der Waals surface area contributed by atoms with Gasteiger partial charge in [0.15, 0.2) is 11.5 Å². The average Bonchev–Trinajstić information content (AvgIpc) is 3.58. The first-order valence-corrected chi connectivity index (χ1v) is 17.7. The molecule has 2 aromatic carbocycles. The van der Waals surface area contributed by atoms with Crippen molar-refractivity contribution >= 4 is 63.3 Å². The summed E-state index contributed by atoms with van der Waals surface area (Å²) in [6.45, 7) is 6.42. The van der Waals surface area contributed by atoms with E-state index in [-0.39, 0.29) is 29.8 Å². The van der Waals surface area contributed by atoms with Gasteiger partial charge in [-0.05, 0) is 69.1 Å². The van der Waals surface area contributed by atoms with E-state index < -0.39 is 0 Å². The number of likely N-dealkylation sites (tertiary alicyclic amines) is 1. The van der Waals surface area contributed by atoms with Crippen LogP contribution < -0.4 is 10.6 Å². The van der Waals surface area contributed by atoms with Gasteiger partial charge in [0, 0.05) is 29.8 Å². The molecule has 2 N–H and O–H groups in total. The molecule has 7 rings (SSSR count). The number of aryl methyl sites for hydroxylation is 1. The number of halogens is 2. The van der Waals surface area contributed by atoms with E-state index in [0.29, 0.717) is 55.4 Å². The second kappa shape index (κ2) is 14.3. The molecule has 1 fully saturated rings. The topological polar surface area (TPSA) is 127 Å². The van der Waals surface area contributed by atoms with Crippen molar-refractivity contribution in [3.63, 3.8) is 0 Å². The molecular weight excluding hydrogens is 675 g/mol. The minimum Gasteiger partial charge on any atom is -0.469 e. The fraction of sp³-hybridized carbons (Fsp3) is 0.351. The van der Waals surface area contributed by atoms with Gasteiger partial charge in [0.1, 0.15) is 11.3 Å². The maximum Gasteiger partial charge on any atom is 0.308 e. The van der Waals surface area contributed by atoms with Crippen LogP contribution in [-0.4, -0.2) is 61.7 Å². The van der Waals surface area contributed by atoms with Crippen LogP contribution in [0.3, 0.4) is 0 Å². The highest BCUT2D eigenvalue weighted by molar-refractivity contribution is 6.39. The SMILES string of the molecule is COC(=O)C1CCN([C@H]2CCCn3nc(C(=O)Nc4cccc(-c5cccc(Nc6nc(C(C)C)nc7cccnc67)c5Cl)c4Cl)cc32)CC1. The van der Waals surface area contributed by atoms with E-state index in [1.54, 1.807) is 12.3 Å². The lowest BCUT2D eigenvalue weighted by Crippen LogP contribution is -2.40. The van der Waals surface area contributed by atoms with Gasteiger partial charge in [-0.2, -0.15) is 5.10 Å². The van der Waals surface area contributed by atoms with E-state index in [2.05, 4.69) is 30.6 Å². The van der Waals surface area contributed by atoms with Crippen molar-refractivity contribution in [2.45, 2.75) is 58.0 Å². The Morgan fingerprint density at radius 2 is 1.64 bits per heavy atom. The van der Waals surface area contributed by atoms with Gasteiger partial charge in [0.05, 0.1) is 51.7 Å². The van der Waals surface area contributed by atoms with Crippen molar-refractivity contribution in [2.75, 3.05) is 30.8 Å². The number of nitrogens with zero attached hydrogens (tertiary/aromatic N) is 6. The zero-order valence-electron chi connectivity index (χ0n) is 28.1. The summed E-state index contributed by atoms with van der Waals surface area (Å²) in [4.78, 5) is 42.0. The second-order valence-electron chi connectivity index (χ2n) is 13.0. The zero-order chi connectivity index (χ0) is 34.9. The van der Waals surface area contributed by atoms with Gasteiger partial charge in [0.25, 0.3) is 5.91 Å². The highest BCUT2D eigenvalue weighted by Gasteiger charge is 2.33. The molecule has 5 aromatic rings. The van der Waals surface area contributed by atoms with Crippen molar-refractivity contribution in [3.05, 3.63) is 88.1 Å². The van der Waals surface area contributed by atoms with Crippen molar-refractivity contribution in [2.24, 2.45) is 5.92 Å². The number of piperidine rings is 1. The van der Waals surface area contributed by atoms with Crippen LogP contribution in [-0.2, 0) is 16.1 Å². The van der Waals surface area contributed by atoms with Crippen LogP contribution in [0.5, 0.6) is 0 Å². The van der Waals surface area contributed by atoms with Gasteiger partial charge in [-0.1, -0.05) is 61.3 Å². The molecule has 2 aliphatic heterocycles. The highest BCUT2D eigenvalue weighted by atomic mass is 35.5. The quantitative estimate of drug-likeness (QED) is 0.154. The lowest BCUT2D eigenvalue weighted by molar-refractivity contribution is -0.147. The summed E-state index contributed by atoms with van der Waals surface area (Å²) >= 11 is 14.0. The Bertz CT molecular complexity index is 2080. The normalized spacial score (nSPS) is 16.7. The molecular formula is C37H38Cl2N8O3. The first-order valence-electron chi connectivity index (χ1n) is 16.9.